The van der Waals surface area contributed by atoms with E-state index in [2.05, 4.69) is 5.10 Å². The van der Waals surface area contributed by atoms with Gasteiger partial charge >= 0.3 is 6.30 Å². The molecule has 0 radical (unpaired) electrons. The van der Waals surface area contributed by atoms with E-state index in [-0.39, 0.29) is 15.9 Å². The molecule has 0 aliphatic heterocycles. The number of rotatable bonds is 3. The number of fused-ring (bicyclic) bond motifs is 1. The van der Waals surface area contributed by atoms with Gasteiger partial charge in [-0.25, -0.2) is 0 Å². The number of allylic oxidation sites excluding steroid dienone is 1. The van der Waals surface area contributed by atoms with Crippen molar-refractivity contribution in [2.45, 2.75) is 12.7 Å². The van der Waals surface area contributed by atoms with Crippen molar-refractivity contribution >= 4 is 40.2 Å². The summed E-state index contributed by atoms with van der Waals surface area (Å²) in [5.41, 5.74) is 1.32. The molecular weight excluding hydrogens is 386 g/mol. The summed E-state index contributed by atoms with van der Waals surface area (Å²) >= 11 is 12.1. The van der Waals surface area contributed by atoms with Crippen LogP contribution in [-0.4, -0.2) is 9.78 Å². The smallest absolute Gasteiger partial charge is 0.193 e. The van der Waals surface area contributed by atoms with Crippen molar-refractivity contribution in [1.29, 1.82) is 5.26 Å². The third-order valence-corrected chi connectivity index (χ3v) is 4.36. The minimum absolute atomic E-state index is 0.00630. The summed E-state index contributed by atoms with van der Waals surface area (Å²) in [6, 6.07) is 11.3. The second-order valence-corrected chi connectivity index (χ2v) is 6.29. The number of benzene rings is 2. The SMILES string of the molecule is N#C/C=C\c1nn(C(F)(F)F)c2cccc(Cc3ccc(Cl)cc3Cl)c12. The summed E-state index contributed by atoms with van der Waals surface area (Å²) in [6.07, 6.45) is -2.02. The summed E-state index contributed by atoms with van der Waals surface area (Å²) < 4.78 is 39.9. The zero-order chi connectivity index (χ0) is 18.9. The van der Waals surface area contributed by atoms with Crippen LogP contribution < -0.4 is 0 Å². The third-order valence-electron chi connectivity index (χ3n) is 3.77. The number of nitrogens with zero attached hydrogens (tertiary/aromatic N) is 3. The first-order valence-electron chi connectivity index (χ1n) is 7.39. The molecule has 3 rings (SSSR count). The van der Waals surface area contributed by atoms with Crippen LogP contribution in [0.4, 0.5) is 13.2 Å². The number of nitriles is 1. The lowest BCUT2D eigenvalue weighted by Crippen LogP contribution is -2.18. The Morgan fingerprint density at radius 2 is 1.92 bits per heavy atom. The van der Waals surface area contributed by atoms with E-state index in [9.17, 15) is 13.2 Å². The maximum atomic E-state index is 13.3. The van der Waals surface area contributed by atoms with E-state index in [1.165, 1.54) is 18.2 Å². The molecule has 132 valence electrons. The van der Waals surface area contributed by atoms with Crippen LogP contribution in [0.5, 0.6) is 0 Å². The highest BCUT2D eigenvalue weighted by molar-refractivity contribution is 6.35. The average Bonchev–Trinajstić information content (AvgIpc) is 2.95. The molecule has 0 N–H and O–H groups in total. The van der Waals surface area contributed by atoms with Crippen LogP contribution in [-0.2, 0) is 12.7 Å². The number of alkyl halides is 3. The van der Waals surface area contributed by atoms with Crippen LogP contribution >= 0.6 is 23.2 Å². The second-order valence-electron chi connectivity index (χ2n) is 5.45. The molecule has 8 heteroatoms. The third kappa shape index (κ3) is 3.55. The standard InChI is InChI=1S/C18H10Cl2F3N3/c19-13-7-6-11(14(20)10-13)9-12-3-1-5-16-17(12)15(4-2-8-24)25-26(16)18(21,22)23/h1-7,10H,9H2/b4-2-. The van der Waals surface area contributed by atoms with E-state index < -0.39 is 6.30 Å². The van der Waals surface area contributed by atoms with E-state index in [4.69, 9.17) is 28.5 Å². The first-order chi connectivity index (χ1) is 12.3. The van der Waals surface area contributed by atoms with Crippen molar-refractivity contribution < 1.29 is 13.2 Å². The molecule has 3 nitrogen and oxygen atoms in total. The van der Waals surface area contributed by atoms with Gasteiger partial charge in [-0.2, -0.15) is 15.0 Å². The molecule has 1 aromatic heterocycles. The summed E-state index contributed by atoms with van der Waals surface area (Å²) in [4.78, 5) is 0. The predicted octanol–water partition coefficient (Wildman–Crippen LogP) is 5.95. The van der Waals surface area contributed by atoms with Gasteiger partial charge in [-0.3, -0.25) is 0 Å². The van der Waals surface area contributed by atoms with E-state index in [0.29, 0.717) is 27.4 Å². The van der Waals surface area contributed by atoms with Gasteiger partial charge in [0.05, 0.1) is 17.3 Å². The Balaban J connectivity index is 2.21. The molecule has 0 unspecified atom stereocenters. The van der Waals surface area contributed by atoms with Gasteiger partial charge in [0.2, 0.25) is 0 Å². The van der Waals surface area contributed by atoms with Gasteiger partial charge in [-0.15, -0.1) is 13.2 Å². The van der Waals surface area contributed by atoms with Gasteiger partial charge < -0.3 is 0 Å². The number of halogens is 5. The van der Waals surface area contributed by atoms with Gasteiger partial charge in [-0.05, 0) is 41.8 Å². The molecular formula is C18H10Cl2F3N3. The minimum atomic E-state index is -4.67. The van der Waals surface area contributed by atoms with Gasteiger partial charge in [0, 0.05) is 21.5 Å². The fourth-order valence-corrected chi connectivity index (χ4v) is 3.19. The Morgan fingerprint density at radius 3 is 2.58 bits per heavy atom. The predicted molar refractivity (Wildman–Crippen MR) is 94.9 cm³/mol. The Kier molecular flexibility index (Phi) is 4.94. The molecule has 0 spiro atoms. The number of aromatic nitrogens is 2. The molecule has 0 bridgehead atoms. The lowest BCUT2D eigenvalue weighted by molar-refractivity contribution is -0.209. The van der Waals surface area contributed by atoms with Crippen LogP contribution in [0, 0.1) is 11.3 Å². The zero-order valence-electron chi connectivity index (χ0n) is 13.1. The molecule has 1 heterocycles. The van der Waals surface area contributed by atoms with Crippen LogP contribution in [0.3, 0.4) is 0 Å². The van der Waals surface area contributed by atoms with E-state index >= 15 is 0 Å². The lowest BCUT2D eigenvalue weighted by Gasteiger charge is -2.09. The van der Waals surface area contributed by atoms with E-state index in [1.807, 2.05) is 0 Å². The van der Waals surface area contributed by atoms with Crippen molar-refractivity contribution in [3.63, 3.8) is 0 Å². The molecule has 26 heavy (non-hydrogen) atoms. The summed E-state index contributed by atoms with van der Waals surface area (Å²) in [7, 11) is 0. The summed E-state index contributed by atoms with van der Waals surface area (Å²) in [6.45, 7) is 0. The number of hydrogen-bond donors (Lipinski definition) is 0. The molecule has 0 aliphatic rings. The van der Waals surface area contributed by atoms with Gasteiger partial charge in [0.25, 0.3) is 0 Å². The molecule has 2 aromatic carbocycles. The Morgan fingerprint density at radius 1 is 1.15 bits per heavy atom. The average molecular weight is 396 g/mol. The van der Waals surface area contributed by atoms with Crippen molar-refractivity contribution in [3.05, 3.63) is 69.3 Å². The highest BCUT2D eigenvalue weighted by Gasteiger charge is 2.34. The minimum Gasteiger partial charge on any atom is -0.193 e. The maximum absolute atomic E-state index is 13.3. The fourth-order valence-electron chi connectivity index (χ4n) is 2.71. The highest BCUT2D eigenvalue weighted by Crippen LogP contribution is 2.33. The molecule has 0 saturated heterocycles. The summed E-state index contributed by atoms with van der Waals surface area (Å²) in [5.74, 6) is 0. The topological polar surface area (TPSA) is 41.6 Å². The monoisotopic (exact) mass is 395 g/mol. The molecule has 0 atom stereocenters. The normalized spacial score (nSPS) is 12.0. The van der Waals surface area contributed by atoms with Gasteiger partial charge in [0.1, 0.15) is 0 Å². The van der Waals surface area contributed by atoms with Crippen molar-refractivity contribution in [2.24, 2.45) is 0 Å². The van der Waals surface area contributed by atoms with Crippen LogP contribution in [0.25, 0.3) is 17.0 Å². The van der Waals surface area contributed by atoms with Crippen LogP contribution in [0.15, 0.2) is 42.5 Å². The second kappa shape index (κ2) is 7.02. The van der Waals surface area contributed by atoms with E-state index in [1.54, 1.807) is 30.3 Å². The van der Waals surface area contributed by atoms with Gasteiger partial charge in [0.15, 0.2) is 0 Å². The zero-order valence-corrected chi connectivity index (χ0v) is 14.6. The molecule has 0 aliphatic carbocycles. The Labute approximate surface area is 156 Å². The van der Waals surface area contributed by atoms with Crippen LogP contribution in [0.2, 0.25) is 10.0 Å². The largest absolute Gasteiger partial charge is 0.505 e. The Hall–Kier alpha value is -2.49. The fraction of sp³-hybridized carbons (Fsp3) is 0.111. The van der Waals surface area contributed by atoms with Gasteiger partial charge in [-0.1, -0.05) is 41.4 Å². The lowest BCUT2D eigenvalue weighted by atomic mass is 10.00. The molecule has 0 saturated carbocycles. The van der Waals surface area contributed by atoms with E-state index in [0.717, 1.165) is 11.6 Å². The molecule has 0 fully saturated rings. The maximum Gasteiger partial charge on any atom is 0.505 e. The van der Waals surface area contributed by atoms with Crippen LogP contribution in [0.1, 0.15) is 16.8 Å². The first-order valence-corrected chi connectivity index (χ1v) is 8.15. The van der Waals surface area contributed by atoms with Crippen molar-refractivity contribution in [1.82, 2.24) is 9.78 Å². The van der Waals surface area contributed by atoms with Crippen molar-refractivity contribution in [2.75, 3.05) is 0 Å². The Bertz CT molecular complexity index is 1050. The van der Waals surface area contributed by atoms with Crippen molar-refractivity contribution in [3.8, 4) is 6.07 Å². The quantitative estimate of drug-likeness (QED) is 0.514. The summed E-state index contributed by atoms with van der Waals surface area (Å²) in [5, 5.41) is 13.6. The molecule has 3 aromatic rings. The number of hydrogen-bond acceptors (Lipinski definition) is 2. The highest BCUT2D eigenvalue weighted by atomic mass is 35.5. The molecule has 0 amide bonds. The first kappa shape index (κ1) is 18.3.